The molecule has 4 rings (SSSR count). The van der Waals surface area contributed by atoms with Crippen molar-refractivity contribution in [2.75, 3.05) is 13.7 Å². The lowest BCUT2D eigenvalue weighted by molar-refractivity contribution is -0.120. The van der Waals surface area contributed by atoms with E-state index in [1.165, 1.54) is 0 Å². The highest BCUT2D eigenvalue weighted by atomic mass is 16.5. The molecular formula is C24H22N2O3. The SMILES string of the molecule is COc1ccc2cc(CCNC(=O)Cc3cccc4ccccc34)c(=O)[nH]c2c1. The molecule has 1 heterocycles. The predicted octanol–water partition coefficient (Wildman–Crippen LogP) is 3.59. The molecule has 0 aliphatic rings. The number of rotatable bonds is 6. The van der Waals surface area contributed by atoms with Crippen molar-refractivity contribution in [3.63, 3.8) is 0 Å². The molecule has 0 saturated heterocycles. The summed E-state index contributed by atoms with van der Waals surface area (Å²) in [6, 6.07) is 21.5. The van der Waals surface area contributed by atoms with Crippen LogP contribution in [0.2, 0.25) is 0 Å². The maximum absolute atomic E-state index is 12.4. The summed E-state index contributed by atoms with van der Waals surface area (Å²) < 4.78 is 5.19. The van der Waals surface area contributed by atoms with Crippen LogP contribution in [-0.4, -0.2) is 24.5 Å². The van der Waals surface area contributed by atoms with Crippen LogP contribution < -0.4 is 15.6 Å². The van der Waals surface area contributed by atoms with Gasteiger partial charge in [-0.1, -0.05) is 42.5 Å². The van der Waals surface area contributed by atoms with Gasteiger partial charge in [0.15, 0.2) is 0 Å². The maximum atomic E-state index is 12.4. The Labute approximate surface area is 168 Å². The van der Waals surface area contributed by atoms with Crippen molar-refractivity contribution in [1.82, 2.24) is 10.3 Å². The molecule has 0 spiro atoms. The van der Waals surface area contributed by atoms with Gasteiger partial charge in [-0.3, -0.25) is 9.59 Å². The van der Waals surface area contributed by atoms with E-state index in [1.807, 2.05) is 60.7 Å². The van der Waals surface area contributed by atoms with Crippen LogP contribution in [0.15, 0.2) is 71.5 Å². The molecule has 1 aromatic heterocycles. The largest absolute Gasteiger partial charge is 0.497 e. The number of aromatic nitrogens is 1. The standard InChI is InChI=1S/C24H22N2O3/c1-29-20-10-9-18-13-19(24(28)26-22(18)15-20)11-12-25-23(27)14-17-7-4-6-16-5-2-3-8-21(16)17/h2-10,13,15H,11-12,14H2,1H3,(H,25,27)(H,26,28). The number of carbonyl (C=O) groups is 1. The Bertz CT molecular complexity index is 1240. The number of hydrogen-bond acceptors (Lipinski definition) is 3. The minimum atomic E-state index is -0.144. The van der Waals surface area contributed by atoms with Gasteiger partial charge in [0, 0.05) is 18.2 Å². The second-order valence-electron chi connectivity index (χ2n) is 6.99. The fourth-order valence-electron chi connectivity index (χ4n) is 3.56. The average Bonchev–Trinajstić information content (AvgIpc) is 2.74. The van der Waals surface area contributed by atoms with Gasteiger partial charge >= 0.3 is 0 Å². The van der Waals surface area contributed by atoms with Crippen molar-refractivity contribution in [1.29, 1.82) is 0 Å². The van der Waals surface area contributed by atoms with Gasteiger partial charge in [0.1, 0.15) is 5.75 Å². The first-order valence-electron chi connectivity index (χ1n) is 9.57. The molecule has 29 heavy (non-hydrogen) atoms. The number of amides is 1. The first kappa shape index (κ1) is 18.7. The van der Waals surface area contributed by atoms with Crippen LogP contribution in [0.5, 0.6) is 5.75 Å². The van der Waals surface area contributed by atoms with E-state index in [9.17, 15) is 9.59 Å². The van der Waals surface area contributed by atoms with E-state index in [0.717, 1.165) is 27.2 Å². The number of fused-ring (bicyclic) bond motifs is 2. The second kappa shape index (κ2) is 8.19. The summed E-state index contributed by atoms with van der Waals surface area (Å²) in [5, 5.41) is 6.07. The molecule has 5 heteroatoms. The summed E-state index contributed by atoms with van der Waals surface area (Å²) in [6.45, 7) is 0.411. The van der Waals surface area contributed by atoms with Gasteiger partial charge in [0.05, 0.1) is 19.0 Å². The number of carbonyl (C=O) groups excluding carboxylic acids is 1. The quantitative estimate of drug-likeness (QED) is 0.532. The summed E-state index contributed by atoms with van der Waals surface area (Å²) in [4.78, 5) is 27.6. The Kier molecular flexibility index (Phi) is 5.29. The van der Waals surface area contributed by atoms with Crippen molar-refractivity contribution in [3.8, 4) is 5.75 Å². The zero-order valence-corrected chi connectivity index (χ0v) is 16.2. The average molecular weight is 386 g/mol. The zero-order chi connectivity index (χ0) is 20.2. The lowest BCUT2D eigenvalue weighted by Crippen LogP contribution is -2.28. The van der Waals surface area contributed by atoms with Crippen LogP contribution in [0.1, 0.15) is 11.1 Å². The number of ether oxygens (including phenoxy) is 1. The van der Waals surface area contributed by atoms with E-state index in [0.29, 0.717) is 30.7 Å². The lowest BCUT2D eigenvalue weighted by atomic mass is 10.0. The number of nitrogens with one attached hydrogen (secondary N) is 2. The van der Waals surface area contributed by atoms with E-state index in [4.69, 9.17) is 4.74 Å². The van der Waals surface area contributed by atoms with E-state index in [-0.39, 0.29) is 11.5 Å². The van der Waals surface area contributed by atoms with Crippen LogP contribution in [-0.2, 0) is 17.6 Å². The minimum absolute atomic E-state index is 0.0525. The Morgan fingerprint density at radius 2 is 1.79 bits per heavy atom. The molecule has 0 saturated carbocycles. The van der Waals surface area contributed by atoms with Gasteiger partial charge in [-0.05, 0) is 46.3 Å². The van der Waals surface area contributed by atoms with Gasteiger partial charge in [-0.25, -0.2) is 0 Å². The fraction of sp³-hybridized carbons (Fsp3) is 0.167. The van der Waals surface area contributed by atoms with E-state index >= 15 is 0 Å². The molecule has 0 aliphatic heterocycles. The summed E-state index contributed by atoms with van der Waals surface area (Å²) >= 11 is 0. The van der Waals surface area contributed by atoms with Gasteiger partial charge < -0.3 is 15.0 Å². The van der Waals surface area contributed by atoms with Crippen molar-refractivity contribution in [2.24, 2.45) is 0 Å². The first-order valence-corrected chi connectivity index (χ1v) is 9.57. The molecule has 146 valence electrons. The van der Waals surface area contributed by atoms with Gasteiger partial charge in [0.2, 0.25) is 5.91 Å². The number of hydrogen-bond donors (Lipinski definition) is 2. The normalized spacial score (nSPS) is 10.9. The molecule has 3 aromatic carbocycles. The molecule has 1 amide bonds. The molecular weight excluding hydrogens is 364 g/mol. The number of pyridine rings is 1. The highest BCUT2D eigenvalue weighted by molar-refractivity contribution is 5.90. The highest BCUT2D eigenvalue weighted by Crippen LogP contribution is 2.19. The van der Waals surface area contributed by atoms with Crippen LogP contribution in [0.4, 0.5) is 0 Å². The van der Waals surface area contributed by atoms with Gasteiger partial charge in [-0.2, -0.15) is 0 Å². The molecule has 5 nitrogen and oxygen atoms in total. The molecule has 4 aromatic rings. The van der Waals surface area contributed by atoms with Crippen LogP contribution >= 0.6 is 0 Å². The maximum Gasteiger partial charge on any atom is 0.251 e. The zero-order valence-electron chi connectivity index (χ0n) is 16.2. The monoisotopic (exact) mass is 386 g/mol. The second-order valence-corrected chi connectivity index (χ2v) is 6.99. The highest BCUT2D eigenvalue weighted by Gasteiger charge is 2.08. The first-order chi connectivity index (χ1) is 14.1. The number of methoxy groups -OCH3 is 1. The van der Waals surface area contributed by atoms with E-state index in [2.05, 4.69) is 10.3 Å². The van der Waals surface area contributed by atoms with E-state index in [1.54, 1.807) is 13.2 Å². The smallest absolute Gasteiger partial charge is 0.251 e. The molecule has 0 fully saturated rings. The van der Waals surface area contributed by atoms with Crippen LogP contribution in [0, 0.1) is 0 Å². The molecule has 0 radical (unpaired) electrons. The van der Waals surface area contributed by atoms with E-state index < -0.39 is 0 Å². The number of H-pyrrole nitrogens is 1. The van der Waals surface area contributed by atoms with Crippen LogP contribution in [0.25, 0.3) is 21.7 Å². The fourth-order valence-corrected chi connectivity index (χ4v) is 3.56. The summed E-state index contributed by atoms with van der Waals surface area (Å²) in [7, 11) is 1.59. The van der Waals surface area contributed by atoms with Crippen LogP contribution in [0.3, 0.4) is 0 Å². The molecule has 0 unspecified atom stereocenters. The minimum Gasteiger partial charge on any atom is -0.497 e. The Hall–Kier alpha value is -3.60. The van der Waals surface area contributed by atoms with Gasteiger partial charge in [0.25, 0.3) is 5.56 Å². The number of aromatic amines is 1. The lowest BCUT2D eigenvalue weighted by Gasteiger charge is -2.09. The molecule has 2 N–H and O–H groups in total. The summed E-state index contributed by atoms with van der Waals surface area (Å²) in [5.41, 5.74) is 2.23. The third-order valence-corrected chi connectivity index (χ3v) is 5.08. The third kappa shape index (κ3) is 4.14. The Morgan fingerprint density at radius 1 is 0.966 bits per heavy atom. The van der Waals surface area contributed by atoms with Gasteiger partial charge in [-0.15, -0.1) is 0 Å². The molecule has 0 bridgehead atoms. The third-order valence-electron chi connectivity index (χ3n) is 5.08. The predicted molar refractivity (Wildman–Crippen MR) is 115 cm³/mol. The Balaban J connectivity index is 1.41. The molecule has 0 atom stereocenters. The van der Waals surface area contributed by atoms with Crippen molar-refractivity contribution < 1.29 is 9.53 Å². The summed E-state index contributed by atoms with van der Waals surface area (Å²) in [6.07, 6.45) is 0.786. The topological polar surface area (TPSA) is 71.2 Å². The van der Waals surface area contributed by atoms with Crippen molar-refractivity contribution in [2.45, 2.75) is 12.8 Å². The summed E-state index contributed by atoms with van der Waals surface area (Å²) in [5.74, 6) is 0.643. The molecule has 0 aliphatic carbocycles. The Morgan fingerprint density at radius 3 is 2.66 bits per heavy atom. The number of benzene rings is 3. The van der Waals surface area contributed by atoms with Crippen molar-refractivity contribution >= 4 is 27.6 Å². The van der Waals surface area contributed by atoms with Crippen molar-refractivity contribution in [3.05, 3.63) is 88.2 Å².